The van der Waals surface area contributed by atoms with Crippen LogP contribution < -0.4 is 5.32 Å². The Bertz CT molecular complexity index is 447. The molecule has 1 aromatic carbocycles. The first kappa shape index (κ1) is 12.9. The summed E-state index contributed by atoms with van der Waals surface area (Å²) >= 11 is 0. The van der Waals surface area contributed by atoms with Gasteiger partial charge >= 0.3 is 5.97 Å². The van der Waals surface area contributed by atoms with Crippen molar-refractivity contribution in [3.8, 4) is 5.75 Å². The highest BCUT2D eigenvalue weighted by Crippen LogP contribution is 2.34. The highest BCUT2D eigenvalue weighted by Gasteiger charge is 2.31. The predicted octanol–water partition coefficient (Wildman–Crippen LogP) is 1.27. The van der Waals surface area contributed by atoms with Crippen molar-refractivity contribution >= 4 is 5.97 Å². The Hall–Kier alpha value is -1.59. The van der Waals surface area contributed by atoms with Crippen molar-refractivity contribution in [3.63, 3.8) is 0 Å². The summed E-state index contributed by atoms with van der Waals surface area (Å²) in [7, 11) is 1.57. The van der Waals surface area contributed by atoms with E-state index >= 15 is 0 Å². The minimum absolute atomic E-state index is 0.108. The third kappa shape index (κ3) is 2.47. The zero-order chi connectivity index (χ0) is 13.1. The zero-order valence-corrected chi connectivity index (χ0v) is 10.2. The number of carbonyl (C=O) groups is 1. The Morgan fingerprint density at radius 2 is 2.33 bits per heavy atom. The first-order chi connectivity index (χ1) is 8.63. The zero-order valence-electron chi connectivity index (χ0n) is 10.2. The number of nitrogens with one attached hydrogen (secondary N) is 1. The number of methoxy groups -OCH3 is 1. The highest BCUT2D eigenvalue weighted by molar-refractivity contribution is 5.71. The molecule has 5 nitrogen and oxygen atoms in total. The van der Waals surface area contributed by atoms with Crippen molar-refractivity contribution < 1.29 is 19.7 Å². The second-order valence-electron chi connectivity index (χ2n) is 4.52. The van der Waals surface area contributed by atoms with Crippen LogP contribution in [0.15, 0.2) is 18.2 Å². The number of carboxylic acids is 1. The monoisotopic (exact) mass is 251 g/mol. The van der Waals surface area contributed by atoms with Crippen LogP contribution in [0.2, 0.25) is 0 Å². The first-order valence-electron chi connectivity index (χ1n) is 5.89. The summed E-state index contributed by atoms with van der Waals surface area (Å²) in [6.07, 6.45) is 0.499. The predicted molar refractivity (Wildman–Crippen MR) is 65.3 cm³/mol. The summed E-state index contributed by atoms with van der Waals surface area (Å²) in [5, 5.41) is 22.2. The molecule has 1 aliphatic rings. The normalized spacial score (nSPS) is 23.2. The van der Waals surface area contributed by atoms with E-state index in [-0.39, 0.29) is 17.7 Å². The molecule has 0 bridgehead atoms. The van der Waals surface area contributed by atoms with Gasteiger partial charge < -0.3 is 20.3 Å². The van der Waals surface area contributed by atoms with Gasteiger partial charge in [-0.15, -0.1) is 0 Å². The molecule has 3 N–H and O–H groups in total. The number of rotatable bonds is 4. The lowest BCUT2D eigenvalue weighted by Gasteiger charge is -2.15. The number of aromatic hydroxyl groups is 1. The molecule has 5 heteroatoms. The molecule has 1 saturated heterocycles. The molecule has 2 rings (SSSR count). The number of hydrogen-bond acceptors (Lipinski definition) is 4. The number of phenolic OH excluding ortho intramolecular Hbond substituents is 1. The summed E-state index contributed by atoms with van der Waals surface area (Å²) in [5.74, 6) is -0.985. The fraction of sp³-hybridized carbons (Fsp3) is 0.462. The van der Waals surface area contributed by atoms with E-state index in [1.165, 1.54) is 0 Å². The Morgan fingerprint density at radius 1 is 1.56 bits per heavy atom. The molecule has 0 spiro atoms. The van der Waals surface area contributed by atoms with Gasteiger partial charge in [-0.3, -0.25) is 4.79 Å². The maximum absolute atomic E-state index is 10.9. The van der Waals surface area contributed by atoms with Crippen molar-refractivity contribution in [1.29, 1.82) is 0 Å². The summed E-state index contributed by atoms with van der Waals surface area (Å²) in [5.41, 5.74) is 1.46. The first-order valence-corrected chi connectivity index (χ1v) is 5.89. The number of ether oxygens (including phenoxy) is 1. The van der Waals surface area contributed by atoms with Gasteiger partial charge in [-0.25, -0.2) is 0 Å². The largest absolute Gasteiger partial charge is 0.507 e. The smallest absolute Gasteiger partial charge is 0.307 e. The second kappa shape index (κ2) is 5.37. The van der Waals surface area contributed by atoms with Gasteiger partial charge in [-0.2, -0.15) is 0 Å². The molecule has 2 unspecified atom stereocenters. The number of aliphatic carboxylic acids is 1. The van der Waals surface area contributed by atoms with Crippen LogP contribution in [0.5, 0.6) is 5.75 Å². The van der Waals surface area contributed by atoms with Crippen LogP contribution in [-0.2, 0) is 16.1 Å². The lowest BCUT2D eigenvalue weighted by molar-refractivity contribution is -0.141. The van der Waals surface area contributed by atoms with Gasteiger partial charge in [-0.05, 0) is 6.42 Å². The highest BCUT2D eigenvalue weighted by atomic mass is 16.5. The fourth-order valence-corrected chi connectivity index (χ4v) is 2.33. The van der Waals surface area contributed by atoms with Crippen LogP contribution in [0.1, 0.15) is 23.6 Å². The summed E-state index contributed by atoms with van der Waals surface area (Å²) < 4.78 is 5.01. The number of hydrogen-bond donors (Lipinski definition) is 3. The van der Waals surface area contributed by atoms with E-state index in [9.17, 15) is 9.90 Å². The molecule has 98 valence electrons. The van der Waals surface area contributed by atoms with Gasteiger partial charge in [0, 0.05) is 30.8 Å². The molecule has 1 aromatic rings. The van der Waals surface area contributed by atoms with E-state index in [2.05, 4.69) is 5.32 Å². The molecule has 0 amide bonds. The van der Waals surface area contributed by atoms with Crippen LogP contribution in [0.25, 0.3) is 0 Å². The molecule has 1 heterocycles. The Kier molecular flexibility index (Phi) is 3.84. The van der Waals surface area contributed by atoms with Crippen LogP contribution in [0.3, 0.4) is 0 Å². The number of para-hydroxylation sites is 1. The Balaban J connectivity index is 2.19. The van der Waals surface area contributed by atoms with Gasteiger partial charge in [0.2, 0.25) is 0 Å². The van der Waals surface area contributed by atoms with Crippen molar-refractivity contribution in [1.82, 2.24) is 5.32 Å². The van der Waals surface area contributed by atoms with Gasteiger partial charge in [0.05, 0.1) is 12.5 Å². The number of carboxylic acid groups (broad SMARTS) is 1. The van der Waals surface area contributed by atoms with Crippen LogP contribution in [0.4, 0.5) is 0 Å². The van der Waals surface area contributed by atoms with Crippen molar-refractivity contribution in [2.75, 3.05) is 13.7 Å². The molecule has 0 aliphatic carbocycles. The molecule has 0 radical (unpaired) electrons. The minimum Gasteiger partial charge on any atom is -0.507 e. The average molecular weight is 251 g/mol. The van der Waals surface area contributed by atoms with Crippen molar-refractivity contribution in [3.05, 3.63) is 29.3 Å². The molecule has 2 atom stereocenters. The Morgan fingerprint density at radius 3 is 2.94 bits per heavy atom. The molecule has 1 aliphatic heterocycles. The van der Waals surface area contributed by atoms with Crippen molar-refractivity contribution in [2.45, 2.75) is 19.1 Å². The molecular formula is C13H17NO4. The maximum atomic E-state index is 10.9. The van der Waals surface area contributed by atoms with E-state index < -0.39 is 5.97 Å². The van der Waals surface area contributed by atoms with Crippen molar-refractivity contribution in [2.24, 2.45) is 5.92 Å². The minimum atomic E-state index is -0.794. The van der Waals surface area contributed by atoms with Gasteiger partial charge in [0.25, 0.3) is 0 Å². The SMILES string of the molecule is COCc1cccc(C2CC(C(=O)O)CN2)c1O. The third-order valence-corrected chi connectivity index (χ3v) is 3.31. The van der Waals surface area contributed by atoms with Crippen LogP contribution >= 0.6 is 0 Å². The van der Waals surface area contributed by atoms with E-state index in [1.54, 1.807) is 13.2 Å². The maximum Gasteiger partial charge on any atom is 0.307 e. The Labute approximate surface area is 105 Å². The molecule has 18 heavy (non-hydrogen) atoms. The molecule has 0 aromatic heterocycles. The van der Waals surface area contributed by atoms with E-state index in [1.807, 2.05) is 12.1 Å². The van der Waals surface area contributed by atoms with E-state index in [0.29, 0.717) is 19.6 Å². The second-order valence-corrected chi connectivity index (χ2v) is 4.52. The lowest BCUT2D eigenvalue weighted by Crippen LogP contribution is -2.17. The molecule has 0 saturated carbocycles. The standard InChI is InChI=1S/C13H17NO4/c1-18-7-8-3-2-4-10(12(8)15)11-5-9(6-14-11)13(16)17/h2-4,9,11,14-15H,5-7H2,1H3,(H,16,17). The molecule has 1 fully saturated rings. The number of phenols is 1. The quantitative estimate of drug-likeness (QED) is 0.751. The number of benzene rings is 1. The average Bonchev–Trinajstić information content (AvgIpc) is 2.81. The van der Waals surface area contributed by atoms with Crippen LogP contribution in [0, 0.1) is 5.92 Å². The lowest BCUT2D eigenvalue weighted by atomic mass is 9.97. The van der Waals surface area contributed by atoms with Crippen LogP contribution in [-0.4, -0.2) is 29.8 Å². The summed E-state index contributed by atoms with van der Waals surface area (Å²) in [4.78, 5) is 10.9. The fourth-order valence-electron chi connectivity index (χ4n) is 2.33. The van der Waals surface area contributed by atoms with E-state index in [4.69, 9.17) is 9.84 Å². The van der Waals surface area contributed by atoms with Gasteiger partial charge in [0.1, 0.15) is 5.75 Å². The summed E-state index contributed by atoms with van der Waals surface area (Å²) in [6.45, 7) is 0.780. The molecular weight excluding hydrogens is 234 g/mol. The topological polar surface area (TPSA) is 78.8 Å². The van der Waals surface area contributed by atoms with Gasteiger partial charge in [0.15, 0.2) is 0 Å². The summed E-state index contributed by atoms with van der Waals surface area (Å²) in [6, 6.07) is 5.35. The van der Waals surface area contributed by atoms with Gasteiger partial charge in [-0.1, -0.05) is 18.2 Å². The third-order valence-electron chi connectivity index (χ3n) is 3.31. The van der Waals surface area contributed by atoms with E-state index in [0.717, 1.165) is 11.1 Å².